The second-order valence-corrected chi connectivity index (χ2v) is 8.08. The summed E-state index contributed by atoms with van der Waals surface area (Å²) in [6, 6.07) is 13.0. The maximum atomic E-state index is 13.1. The first kappa shape index (κ1) is 18.7. The Labute approximate surface area is 170 Å². The largest absolute Gasteiger partial charge is 0.321 e. The summed E-state index contributed by atoms with van der Waals surface area (Å²) in [6.07, 6.45) is 0.296. The van der Waals surface area contributed by atoms with Gasteiger partial charge < -0.3 is 10.6 Å². The van der Waals surface area contributed by atoms with E-state index in [-0.39, 0.29) is 23.5 Å². The molecule has 2 amide bonds. The number of rotatable bonds is 3. The minimum absolute atomic E-state index is 0.0933. The van der Waals surface area contributed by atoms with Gasteiger partial charge in [0.1, 0.15) is 5.82 Å². The molecule has 142 valence electrons. The summed E-state index contributed by atoms with van der Waals surface area (Å²) in [6.45, 7) is 1.88. The van der Waals surface area contributed by atoms with E-state index in [0.717, 1.165) is 16.7 Å². The second-order valence-electron chi connectivity index (χ2n) is 6.62. The van der Waals surface area contributed by atoms with Crippen molar-refractivity contribution in [3.05, 3.63) is 80.9 Å². The van der Waals surface area contributed by atoms with Crippen molar-refractivity contribution in [1.82, 2.24) is 0 Å². The van der Waals surface area contributed by atoms with Crippen molar-refractivity contribution < 1.29 is 14.0 Å². The Morgan fingerprint density at radius 1 is 1.25 bits per heavy atom. The van der Waals surface area contributed by atoms with Gasteiger partial charge in [-0.1, -0.05) is 23.7 Å². The Bertz CT molecular complexity index is 1080. The molecule has 1 aromatic heterocycles. The summed E-state index contributed by atoms with van der Waals surface area (Å²) < 4.78 is 13.1. The van der Waals surface area contributed by atoms with Crippen molar-refractivity contribution in [2.75, 3.05) is 10.6 Å². The summed E-state index contributed by atoms with van der Waals surface area (Å²) in [5.41, 5.74) is 3.21. The van der Waals surface area contributed by atoms with E-state index in [1.807, 2.05) is 25.1 Å². The summed E-state index contributed by atoms with van der Waals surface area (Å²) in [7, 11) is 0. The molecule has 0 saturated carbocycles. The number of carbonyl (C=O) groups excluding carboxylic acids is 2. The van der Waals surface area contributed by atoms with Crippen LogP contribution in [0.3, 0.4) is 0 Å². The van der Waals surface area contributed by atoms with Crippen LogP contribution in [-0.2, 0) is 4.79 Å². The van der Waals surface area contributed by atoms with Crippen LogP contribution in [0, 0.1) is 12.7 Å². The van der Waals surface area contributed by atoms with Crippen LogP contribution in [0.25, 0.3) is 0 Å². The topological polar surface area (TPSA) is 58.2 Å². The quantitative estimate of drug-likeness (QED) is 0.588. The molecule has 0 spiro atoms. The smallest absolute Gasteiger partial charge is 0.266 e. The molecule has 1 aliphatic heterocycles. The van der Waals surface area contributed by atoms with Crippen molar-refractivity contribution in [1.29, 1.82) is 0 Å². The maximum Gasteiger partial charge on any atom is 0.266 e. The van der Waals surface area contributed by atoms with Gasteiger partial charge in [-0.25, -0.2) is 4.39 Å². The Balaban J connectivity index is 1.70. The third-order valence-electron chi connectivity index (χ3n) is 4.74. The Morgan fingerprint density at radius 2 is 2.00 bits per heavy atom. The molecule has 1 atom stereocenters. The van der Waals surface area contributed by atoms with Gasteiger partial charge in [0.2, 0.25) is 5.91 Å². The summed E-state index contributed by atoms with van der Waals surface area (Å²) >= 11 is 7.38. The van der Waals surface area contributed by atoms with Gasteiger partial charge in [0.25, 0.3) is 5.91 Å². The zero-order chi connectivity index (χ0) is 19.8. The van der Waals surface area contributed by atoms with Crippen LogP contribution in [0.2, 0.25) is 5.02 Å². The number of fused-ring (bicyclic) bond motifs is 1. The monoisotopic (exact) mass is 414 g/mol. The first-order chi connectivity index (χ1) is 13.4. The normalized spacial score (nSPS) is 15.7. The Hall–Kier alpha value is -2.70. The third kappa shape index (κ3) is 3.53. The molecule has 0 fully saturated rings. The van der Waals surface area contributed by atoms with E-state index >= 15 is 0 Å². The van der Waals surface area contributed by atoms with Crippen LogP contribution >= 0.6 is 22.9 Å². The van der Waals surface area contributed by atoms with Gasteiger partial charge in [0.15, 0.2) is 0 Å². The lowest BCUT2D eigenvalue weighted by Gasteiger charge is -2.24. The highest BCUT2D eigenvalue weighted by molar-refractivity contribution is 7.18. The zero-order valence-corrected chi connectivity index (χ0v) is 16.5. The van der Waals surface area contributed by atoms with Gasteiger partial charge in [-0.05, 0) is 60.0 Å². The predicted molar refractivity (Wildman–Crippen MR) is 110 cm³/mol. The molecule has 0 bridgehead atoms. The number of hydrogen-bond donors (Lipinski definition) is 2. The molecule has 0 aliphatic carbocycles. The van der Waals surface area contributed by atoms with Crippen LogP contribution in [0.4, 0.5) is 15.1 Å². The number of halogens is 2. The van der Waals surface area contributed by atoms with Gasteiger partial charge >= 0.3 is 0 Å². The lowest BCUT2D eigenvalue weighted by molar-refractivity contribution is -0.116. The fraction of sp³-hybridized carbons (Fsp3) is 0.143. The maximum absolute atomic E-state index is 13.1. The van der Waals surface area contributed by atoms with Crippen molar-refractivity contribution in [3.63, 3.8) is 0 Å². The Morgan fingerprint density at radius 3 is 2.71 bits per heavy atom. The number of amides is 2. The van der Waals surface area contributed by atoms with Crippen LogP contribution in [0.5, 0.6) is 0 Å². The van der Waals surface area contributed by atoms with Gasteiger partial charge in [0, 0.05) is 23.0 Å². The van der Waals surface area contributed by atoms with Crippen molar-refractivity contribution >= 4 is 45.4 Å². The van der Waals surface area contributed by atoms with Crippen LogP contribution in [0.1, 0.15) is 38.7 Å². The van der Waals surface area contributed by atoms with E-state index in [9.17, 15) is 14.0 Å². The van der Waals surface area contributed by atoms with E-state index in [4.69, 9.17) is 11.6 Å². The molecule has 0 saturated heterocycles. The molecular formula is C21H16ClFN2O2S. The molecule has 3 aromatic rings. The van der Waals surface area contributed by atoms with Gasteiger partial charge in [-0.2, -0.15) is 0 Å². The molecule has 4 nitrogen and oxygen atoms in total. The van der Waals surface area contributed by atoms with Gasteiger partial charge in [-0.15, -0.1) is 11.3 Å². The molecule has 0 radical (unpaired) electrons. The fourth-order valence-corrected chi connectivity index (χ4v) is 4.83. The number of thiophene rings is 1. The number of hydrogen-bond acceptors (Lipinski definition) is 3. The molecular weight excluding hydrogens is 399 g/mol. The summed E-state index contributed by atoms with van der Waals surface area (Å²) in [5.74, 6) is -0.911. The van der Waals surface area contributed by atoms with Gasteiger partial charge in [0.05, 0.1) is 9.88 Å². The summed E-state index contributed by atoms with van der Waals surface area (Å²) in [5, 5.41) is 6.95. The standard InChI is InChI=1S/C21H16ClFN2O2S/c1-11-18-16(12-3-2-4-13(22)9-12)10-17(26)25-21(18)28-19(11)20(27)24-15-7-5-14(23)6-8-15/h2-9,16H,10H2,1H3,(H,24,27)(H,25,26). The fourth-order valence-electron chi connectivity index (χ4n) is 3.45. The molecule has 2 aromatic carbocycles. The second kappa shape index (κ2) is 7.37. The van der Waals surface area contributed by atoms with Crippen molar-refractivity contribution in [3.8, 4) is 0 Å². The number of nitrogens with one attached hydrogen (secondary N) is 2. The van der Waals surface area contributed by atoms with E-state index < -0.39 is 0 Å². The summed E-state index contributed by atoms with van der Waals surface area (Å²) in [4.78, 5) is 25.5. The Kier molecular flexibility index (Phi) is 4.91. The average molecular weight is 415 g/mol. The van der Waals surface area contributed by atoms with Gasteiger partial charge in [-0.3, -0.25) is 9.59 Å². The van der Waals surface area contributed by atoms with Crippen LogP contribution in [0.15, 0.2) is 48.5 Å². The molecule has 1 aliphatic rings. The average Bonchev–Trinajstić information content (AvgIpc) is 2.99. The first-order valence-electron chi connectivity index (χ1n) is 8.68. The highest BCUT2D eigenvalue weighted by Gasteiger charge is 2.32. The molecule has 7 heteroatoms. The third-order valence-corrected chi connectivity index (χ3v) is 6.20. The lowest BCUT2D eigenvalue weighted by Crippen LogP contribution is -2.22. The predicted octanol–water partition coefficient (Wildman–Crippen LogP) is 5.58. The van der Waals surface area contributed by atoms with Crippen molar-refractivity contribution in [2.45, 2.75) is 19.3 Å². The van der Waals surface area contributed by atoms with E-state index in [1.54, 1.807) is 6.07 Å². The SMILES string of the molecule is Cc1c(C(=O)Nc2ccc(F)cc2)sc2c1C(c1cccc(Cl)c1)CC(=O)N2. The lowest BCUT2D eigenvalue weighted by atomic mass is 9.85. The zero-order valence-electron chi connectivity index (χ0n) is 14.9. The number of carbonyl (C=O) groups is 2. The molecule has 2 N–H and O–H groups in total. The van der Waals surface area contributed by atoms with Crippen LogP contribution in [-0.4, -0.2) is 11.8 Å². The molecule has 28 heavy (non-hydrogen) atoms. The molecule has 1 unspecified atom stereocenters. The van der Waals surface area contributed by atoms with E-state index in [1.165, 1.54) is 35.6 Å². The van der Waals surface area contributed by atoms with E-state index in [2.05, 4.69) is 10.6 Å². The highest BCUT2D eigenvalue weighted by atomic mass is 35.5. The van der Waals surface area contributed by atoms with Crippen molar-refractivity contribution in [2.24, 2.45) is 0 Å². The number of anilines is 2. The minimum atomic E-state index is -0.368. The molecule has 4 rings (SSSR count). The first-order valence-corrected chi connectivity index (χ1v) is 9.87. The molecule has 2 heterocycles. The number of benzene rings is 2. The minimum Gasteiger partial charge on any atom is -0.321 e. The van der Waals surface area contributed by atoms with E-state index in [0.29, 0.717) is 27.0 Å². The highest BCUT2D eigenvalue weighted by Crippen LogP contribution is 2.45. The van der Waals surface area contributed by atoms with Crippen LogP contribution < -0.4 is 10.6 Å².